The van der Waals surface area contributed by atoms with Crippen molar-refractivity contribution >= 4 is 40.6 Å². The lowest BCUT2D eigenvalue weighted by Crippen LogP contribution is -2.39. The lowest BCUT2D eigenvalue weighted by atomic mass is 9.99. The highest BCUT2D eigenvalue weighted by Crippen LogP contribution is 2.31. The van der Waals surface area contributed by atoms with Crippen molar-refractivity contribution in [1.82, 2.24) is 9.78 Å². The maximum absolute atomic E-state index is 13.2. The number of nitrogens with two attached hydrogens (primary N) is 1. The van der Waals surface area contributed by atoms with Crippen molar-refractivity contribution in [1.29, 1.82) is 0 Å². The van der Waals surface area contributed by atoms with Crippen LogP contribution in [0.5, 0.6) is 0 Å². The average Bonchev–Trinajstić information content (AvgIpc) is 2.68. The van der Waals surface area contributed by atoms with Gasteiger partial charge in [-0.1, -0.05) is 18.2 Å². The van der Waals surface area contributed by atoms with Gasteiger partial charge in [0.05, 0.1) is 5.52 Å². The molecule has 27 heavy (non-hydrogen) atoms. The fraction of sp³-hybridized carbons (Fsp3) is 0.250. The molecule has 140 valence electrons. The van der Waals surface area contributed by atoms with Crippen LogP contribution >= 0.6 is 12.4 Å². The summed E-state index contributed by atoms with van der Waals surface area (Å²) in [6, 6.07) is 12.8. The Labute approximate surface area is 163 Å². The minimum absolute atomic E-state index is 0. The van der Waals surface area contributed by atoms with Crippen molar-refractivity contribution in [3.8, 4) is 0 Å². The minimum atomic E-state index is -0.366. The molecule has 0 aliphatic carbocycles. The Hall–Kier alpha value is -2.86. The molecule has 2 N–H and O–H groups in total. The Balaban J connectivity index is 0.00000210. The minimum Gasteiger partial charge on any atom is -0.398 e. The molecule has 1 aromatic heterocycles. The molecule has 0 atom stereocenters. The van der Waals surface area contributed by atoms with Crippen molar-refractivity contribution < 1.29 is 4.79 Å². The highest BCUT2D eigenvalue weighted by atomic mass is 35.5. The highest BCUT2D eigenvalue weighted by Gasteiger charge is 2.28. The van der Waals surface area contributed by atoms with Gasteiger partial charge in [0.25, 0.3) is 5.91 Å². The van der Waals surface area contributed by atoms with Gasteiger partial charge < -0.3 is 10.6 Å². The number of nitrogen functional groups attached to an aromatic ring is 1. The lowest BCUT2D eigenvalue weighted by molar-refractivity contribution is 0.0977. The van der Waals surface area contributed by atoms with Gasteiger partial charge in [-0.3, -0.25) is 14.3 Å². The number of benzene rings is 2. The molecule has 4 rings (SSSR count). The van der Waals surface area contributed by atoms with Crippen molar-refractivity contribution in [3.05, 3.63) is 63.9 Å². The second-order valence-electron chi connectivity index (χ2n) is 6.42. The molecular formula is C20H21ClN4O2. The summed E-state index contributed by atoms with van der Waals surface area (Å²) < 4.78 is 1.70. The molecule has 0 fully saturated rings. The van der Waals surface area contributed by atoms with Crippen LogP contribution < -0.4 is 16.1 Å². The predicted molar refractivity (Wildman–Crippen MR) is 110 cm³/mol. The molecule has 0 bridgehead atoms. The monoisotopic (exact) mass is 384 g/mol. The molecule has 6 nitrogen and oxygen atoms in total. The number of carbonyl (C=O) groups is 1. The van der Waals surface area contributed by atoms with E-state index in [0.29, 0.717) is 24.2 Å². The zero-order valence-electron chi connectivity index (χ0n) is 15.0. The van der Waals surface area contributed by atoms with Gasteiger partial charge in [-0.05, 0) is 49.6 Å². The zero-order valence-corrected chi connectivity index (χ0v) is 15.8. The highest BCUT2D eigenvalue weighted by molar-refractivity contribution is 6.07. The number of nitrogens with zero attached hydrogens (tertiary/aromatic N) is 3. The first-order valence-corrected chi connectivity index (χ1v) is 8.81. The first-order valence-electron chi connectivity index (χ1n) is 8.81. The Morgan fingerprint density at radius 1 is 1.19 bits per heavy atom. The van der Waals surface area contributed by atoms with Gasteiger partial charge in [0.15, 0.2) is 5.69 Å². The molecule has 1 aliphatic heterocycles. The number of aromatic nitrogens is 2. The topological polar surface area (TPSA) is 81.2 Å². The van der Waals surface area contributed by atoms with Crippen molar-refractivity contribution in [3.63, 3.8) is 0 Å². The Bertz CT molecular complexity index is 1080. The number of hydrogen-bond donors (Lipinski definition) is 1. The SMILES string of the molecule is CCn1nc(C(=O)N2CCCc3c(N)cccc32)c(=O)c2ccccc21.Cl. The Kier molecular flexibility index (Phi) is 5.19. The van der Waals surface area contributed by atoms with E-state index in [0.717, 1.165) is 29.6 Å². The average molecular weight is 385 g/mol. The summed E-state index contributed by atoms with van der Waals surface area (Å²) in [6.07, 6.45) is 1.64. The first-order chi connectivity index (χ1) is 12.6. The molecule has 0 spiro atoms. The fourth-order valence-electron chi connectivity index (χ4n) is 3.61. The van der Waals surface area contributed by atoms with Crippen molar-refractivity contribution in [2.45, 2.75) is 26.3 Å². The largest absolute Gasteiger partial charge is 0.398 e. The zero-order chi connectivity index (χ0) is 18.3. The maximum atomic E-state index is 13.2. The van der Waals surface area contributed by atoms with E-state index in [4.69, 9.17) is 5.73 Å². The first kappa shape index (κ1) is 18.9. The molecule has 0 saturated carbocycles. The summed E-state index contributed by atoms with van der Waals surface area (Å²) in [6.45, 7) is 3.06. The van der Waals surface area contributed by atoms with Gasteiger partial charge in [-0.15, -0.1) is 12.4 Å². The van der Waals surface area contributed by atoms with Gasteiger partial charge in [0.1, 0.15) is 0 Å². The molecule has 0 saturated heterocycles. The van der Waals surface area contributed by atoms with Crippen LogP contribution in [-0.2, 0) is 13.0 Å². The van der Waals surface area contributed by atoms with Gasteiger partial charge in [0, 0.05) is 29.9 Å². The molecular weight excluding hydrogens is 364 g/mol. The van der Waals surface area contributed by atoms with Crippen LogP contribution in [0.2, 0.25) is 0 Å². The van der Waals surface area contributed by atoms with E-state index in [1.165, 1.54) is 0 Å². The van der Waals surface area contributed by atoms with Crippen molar-refractivity contribution in [2.24, 2.45) is 0 Å². The molecule has 1 amide bonds. The van der Waals surface area contributed by atoms with Crippen LogP contribution in [-0.4, -0.2) is 22.2 Å². The summed E-state index contributed by atoms with van der Waals surface area (Å²) in [4.78, 5) is 27.8. The van der Waals surface area contributed by atoms with Gasteiger partial charge >= 0.3 is 0 Å². The third kappa shape index (κ3) is 3.06. The Morgan fingerprint density at radius 2 is 1.96 bits per heavy atom. The Morgan fingerprint density at radius 3 is 2.74 bits per heavy atom. The smallest absolute Gasteiger partial charge is 0.282 e. The molecule has 1 aliphatic rings. The number of halogens is 1. The second kappa shape index (κ2) is 7.40. The number of carbonyl (C=O) groups excluding carboxylic acids is 1. The van der Waals surface area contributed by atoms with Crippen molar-refractivity contribution in [2.75, 3.05) is 17.2 Å². The number of anilines is 2. The van der Waals surface area contributed by atoms with E-state index in [2.05, 4.69) is 5.10 Å². The van der Waals surface area contributed by atoms with E-state index >= 15 is 0 Å². The van der Waals surface area contributed by atoms with E-state index in [-0.39, 0.29) is 29.4 Å². The van der Waals surface area contributed by atoms with E-state index in [1.54, 1.807) is 21.7 Å². The van der Waals surface area contributed by atoms with Crippen LogP contribution in [0.3, 0.4) is 0 Å². The number of para-hydroxylation sites is 1. The third-order valence-electron chi connectivity index (χ3n) is 4.90. The quantitative estimate of drug-likeness (QED) is 0.688. The summed E-state index contributed by atoms with van der Waals surface area (Å²) >= 11 is 0. The third-order valence-corrected chi connectivity index (χ3v) is 4.90. The maximum Gasteiger partial charge on any atom is 0.282 e. The van der Waals surface area contributed by atoms with E-state index < -0.39 is 0 Å². The van der Waals surface area contributed by atoms with Crippen LogP contribution in [0.1, 0.15) is 29.4 Å². The number of hydrogen-bond acceptors (Lipinski definition) is 4. The van der Waals surface area contributed by atoms with Gasteiger partial charge in [0.2, 0.25) is 5.43 Å². The second-order valence-corrected chi connectivity index (χ2v) is 6.42. The van der Waals surface area contributed by atoms with E-state index in [1.807, 2.05) is 37.3 Å². The summed E-state index contributed by atoms with van der Waals surface area (Å²) in [5, 5.41) is 4.88. The molecule has 2 heterocycles. The fourth-order valence-corrected chi connectivity index (χ4v) is 3.61. The normalized spacial score (nSPS) is 13.1. The summed E-state index contributed by atoms with van der Waals surface area (Å²) in [7, 11) is 0. The lowest BCUT2D eigenvalue weighted by Gasteiger charge is -2.30. The summed E-state index contributed by atoms with van der Waals surface area (Å²) in [5.74, 6) is -0.366. The summed E-state index contributed by atoms with van der Waals surface area (Å²) in [5.41, 5.74) is 8.86. The standard InChI is InChI=1S/C20H20N4O2.ClH/c1-2-24-17-10-4-3-7-14(17)19(25)18(22-24)20(26)23-12-6-8-13-15(21)9-5-11-16(13)23;/h3-5,7,9-11H,2,6,8,12,21H2,1H3;1H. The number of amides is 1. The van der Waals surface area contributed by atoms with Crippen LogP contribution in [0.15, 0.2) is 47.3 Å². The number of rotatable bonds is 2. The van der Waals surface area contributed by atoms with Crippen LogP contribution in [0.25, 0.3) is 10.9 Å². The number of fused-ring (bicyclic) bond motifs is 2. The molecule has 0 radical (unpaired) electrons. The van der Waals surface area contributed by atoms with Gasteiger partial charge in [-0.25, -0.2) is 0 Å². The van der Waals surface area contributed by atoms with Crippen LogP contribution in [0, 0.1) is 0 Å². The molecule has 2 aromatic carbocycles. The predicted octanol–water partition coefficient (Wildman–Crippen LogP) is 3.01. The molecule has 3 aromatic rings. The van der Waals surface area contributed by atoms with Crippen LogP contribution in [0.4, 0.5) is 11.4 Å². The number of aryl methyl sites for hydroxylation is 1. The molecule has 0 unspecified atom stereocenters. The van der Waals surface area contributed by atoms with Gasteiger partial charge in [-0.2, -0.15) is 5.10 Å². The van der Waals surface area contributed by atoms with E-state index in [9.17, 15) is 9.59 Å². The molecule has 7 heteroatoms.